The Balaban J connectivity index is 2.60. The Kier molecular flexibility index (Phi) is 4.54. The zero-order valence-electron chi connectivity index (χ0n) is 9.96. The molecule has 0 bridgehead atoms. The fourth-order valence-corrected chi connectivity index (χ4v) is 1.63. The van der Waals surface area contributed by atoms with Crippen LogP contribution in [-0.2, 0) is 4.79 Å². The molecule has 4 nitrogen and oxygen atoms in total. The van der Waals surface area contributed by atoms with Gasteiger partial charge in [0, 0.05) is 12.0 Å². The van der Waals surface area contributed by atoms with Gasteiger partial charge in [-0.3, -0.25) is 4.79 Å². The number of anilines is 1. The lowest BCUT2D eigenvalue weighted by Gasteiger charge is -2.17. The Hall–Kier alpha value is -1.07. The monoisotopic (exact) mass is 300 g/mol. The highest BCUT2D eigenvalue weighted by Crippen LogP contribution is 2.31. The first-order chi connectivity index (χ1) is 7.79. The number of benzene rings is 1. The smallest absolute Gasteiger partial charge is 0.224 e. The van der Waals surface area contributed by atoms with Crippen molar-refractivity contribution in [3.8, 4) is 5.75 Å². The summed E-state index contributed by atoms with van der Waals surface area (Å²) in [6, 6.07) is 5.09. The van der Waals surface area contributed by atoms with E-state index in [0.717, 1.165) is 0 Å². The minimum absolute atomic E-state index is 0.0351. The molecule has 4 N–H and O–H groups in total. The summed E-state index contributed by atoms with van der Waals surface area (Å²) in [4.78, 5) is 11.6. The largest absolute Gasteiger partial charge is 0.505 e. The Morgan fingerprint density at radius 2 is 2.18 bits per heavy atom. The molecule has 0 aliphatic heterocycles. The van der Waals surface area contributed by atoms with E-state index in [-0.39, 0.29) is 17.2 Å². The van der Waals surface area contributed by atoms with Gasteiger partial charge in [-0.05, 0) is 48.3 Å². The van der Waals surface area contributed by atoms with Crippen LogP contribution < -0.4 is 11.1 Å². The van der Waals surface area contributed by atoms with E-state index in [4.69, 9.17) is 5.73 Å². The lowest BCUT2D eigenvalue weighted by Crippen LogP contribution is -2.33. The molecule has 1 amide bonds. The highest BCUT2D eigenvalue weighted by atomic mass is 79.9. The molecule has 0 fully saturated rings. The number of hydrogen-bond donors (Lipinski definition) is 3. The van der Waals surface area contributed by atoms with Gasteiger partial charge in [0.25, 0.3) is 0 Å². The van der Waals surface area contributed by atoms with Crippen LogP contribution in [-0.4, -0.2) is 16.6 Å². The van der Waals surface area contributed by atoms with Crippen molar-refractivity contribution < 1.29 is 9.90 Å². The first-order valence-electron chi connectivity index (χ1n) is 5.36. The molecular weight excluding hydrogens is 284 g/mol. The van der Waals surface area contributed by atoms with Gasteiger partial charge in [0.1, 0.15) is 0 Å². The predicted octanol–water partition coefficient (Wildman–Crippen LogP) is 2.61. The molecular formula is C12H17BrN2O2. The fourth-order valence-electron chi connectivity index (χ4n) is 1.26. The van der Waals surface area contributed by atoms with Crippen molar-refractivity contribution >= 4 is 27.5 Å². The average molecular weight is 301 g/mol. The van der Waals surface area contributed by atoms with E-state index < -0.39 is 0 Å². The van der Waals surface area contributed by atoms with E-state index in [2.05, 4.69) is 21.2 Å². The number of carbonyl (C=O) groups is 1. The third-order valence-corrected chi connectivity index (χ3v) is 2.90. The molecule has 17 heavy (non-hydrogen) atoms. The number of halogens is 1. The summed E-state index contributed by atoms with van der Waals surface area (Å²) in [5.41, 5.74) is 5.83. The van der Waals surface area contributed by atoms with Gasteiger partial charge in [-0.15, -0.1) is 0 Å². The van der Waals surface area contributed by atoms with Crippen molar-refractivity contribution in [2.75, 3.05) is 5.32 Å². The van der Waals surface area contributed by atoms with Gasteiger partial charge in [0.05, 0.1) is 10.2 Å². The van der Waals surface area contributed by atoms with Crippen molar-refractivity contribution in [2.24, 2.45) is 5.73 Å². The predicted molar refractivity (Wildman–Crippen MR) is 71.9 cm³/mol. The van der Waals surface area contributed by atoms with Crippen LogP contribution in [0.4, 0.5) is 5.69 Å². The zero-order chi connectivity index (χ0) is 13.1. The molecule has 94 valence electrons. The van der Waals surface area contributed by atoms with E-state index in [0.29, 0.717) is 23.0 Å². The van der Waals surface area contributed by atoms with Gasteiger partial charge in [0.2, 0.25) is 5.91 Å². The highest BCUT2D eigenvalue weighted by Gasteiger charge is 2.14. The molecule has 0 heterocycles. The van der Waals surface area contributed by atoms with Gasteiger partial charge in [-0.2, -0.15) is 0 Å². The summed E-state index contributed by atoms with van der Waals surface area (Å²) in [6.07, 6.45) is 0.920. The minimum atomic E-state index is -0.364. The first-order valence-corrected chi connectivity index (χ1v) is 6.15. The van der Waals surface area contributed by atoms with Crippen molar-refractivity contribution in [3.63, 3.8) is 0 Å². The summed E-state index contributed by atoms with van der Waals surface area (Å²) in [7, 11) is 0. The van der Waals surface area contributed by atoms with Crippen molar-refractivity contribution in [1.82, 2.24) is 0 Å². The van der Waals surface area contributed by atoms with E-state index in [1.807, 2.05) is 13.8 Å². The van der Waals surface area contributed by atoms with Crippen LogP contribution in [0.1, 0.15) is 26.7 Å². The Bertz CT molecular complexity index is 413. The molecule has 5 heteroatoms. The molecule has 1 aromatic rings. The van der Waals surface area contributed by atoms with Gasteiger partial charge < -0.3 is 16.2 Å². The van der Waals surface area contributed by atoms with Gasteiger partial charge >= 0.3 is 0 Å². The summed E-state index contributed by atoms with van der Waals surface area (Å²) in [6.45, 7) is 3.74. The standard InChI is InChI=1S/C12H17BrN2O2/c1-12(2,14)7-6-10(16)15-9-5-3-4-8(13)11(9)17/h3-5,17H,6-7,14H2,1-2H3,(H,15,16). The summed E-state index contributed by atoms with van der Waals surface area (Å²) in [5.74, 6) is -0.121. The first kappa shape index (κ1) is 14.0. The second-order valence-corrected chi connectivity index (χ2v) is 5.53. The number of carbonyl (C=O) groups excluding carboxylic acids is 1. The Morgan fingerprint density at radius 3 is 2.76 bits per heavy atom. The number of nitrogens with one attached hydrogen (secondary N) is 1. The number of phenolic OH excluding ortho intramolecular Hbond substituents is 1. The SMILES string of the molecule is CC(C)(N)CCC(=O)Nc1cccc(Br)c1O. The topological polar surface area (TPSA) is 75.4 Å². The third kappa shape index (κ3) is 4.75. The molecule has 0 saturated heterocycles. The van der Waals surface area contributed by atoms with Gasteiger partial charge in [0.15, 0.2) is 5.75 Å². The Morgan fingerprint density at radius 1 is 1.53 bits per heavy atom. The van der Waals surface area contributed by atoms with Crippen LogP contribution in [0.25, 0.3) is 0 Å². The molecule has 1 rings (SSSR count). The van der Waals surface area contributed by atoms with Crippen LogP contribution in [0.2, 0.25) is 0 Å². The van der Waals surface area contributed by atoms with E-state index >= 15 is 0 Å². The number of hydrogen-bond acceptors (Lipinski definition) is 3. The van der Waals surface area contributed by atoms with Gasteiger partial charge in [-0.25, -0.2) is 0 Å². The molecule has 0 atom stereocenters. The number of nitrogens with two attached hydrogens (primary N) is 1. The lowest BCUT2D eigenvalue weighted by atomic mass is 10.00. The second kappa shape index (κ2) is 5.51. The number of para-hydroxylation sites is 1. The lowest BCUT2D eigenvalue weighted by molar-refractivity contribution is -0.116. The number of rotatable bonds is 4. The van der Waals surface area contributed by atoms with Crippen molar-refractivity contribution in [2.45, 2.75) is 32.2 Å². The van der Waals surface area contributed by atoms with Crippen molar-refractivity contribution in [3.05, 3.63) is 22.7 Å². The number of phenols is 1. The maximum atomic E-state index is 11.6. The van der Waals surface area contributed by atoms with Crippen molar-refractivity contribution in [1.29, 1.82) is 0 Å². The van der Waals surface area contributed by atoms with E-state index in [1.165, 1.54) is 0 Å². The molecule has 0 aliphatic rings. The van der Waals surface area contributed by atoms with Crippen LogP contribution in [0.15, 0.2) is 22.7 Å². The molecule has 0 aliphatic carbocycles. The maximum absolute atomic E-state index is 11.6. The van der Waals surface area contributed by atoms with Gasteiger partial charge in [-0.1, -0.05) is 6.07 Å². The molecule has 1 aromatic carbocycles. The molecule has 0 aromatic heterocycles. The molecule has 0 unspecified atom stereocenters. The van der Waals surface area contributed by atoms with E-state index in [1.54, 1.807) is 18.2 Å². The summed E-state index contributed by atoms with van der Waals surface area (Å²) >= 11 is 3.19. The average Bonchev–Trinajstić information content (AvgIpc) is 2.21. The fraction of sp³-hybridized carbons (Fsp3) is 0.417. The number of aromatic hydroxyl groups is 1. The van der Waals surface area contributed by atoms with Crippen LogP contribution in [0.5, 0.6) is 5.75 Å². The van der Waals surface area contributed by atoms with E-state index in [9.17, 15) is 9.90 Å². The van der Waals surface area contributed by atoms with Crippen LogP contribution in [0, 0.1) is 0 Å². The third-order valence-electron chi connectivity index (χ3n) is 2.26. The number of amides is 1. The normalized spacial score (nSPS) is 11.3. The second-order valence-electron chi connectivity index (χ2n) is 4.67. The quantitative estimate of drug-likeness (QED) is 0.748. The van der Waals surface area contributed by atoms with Crippen LogP contribution >= 0.6 is 15.9 Å². The van der Waals surface area contributed by atoms with Crippen LogP contribution in [0.3, 0.4) is 0 Å². The highest BCUT2D eigenvalue weighted by molar-refractivity contribution is 9.10. The summed E-state index contributed by atoms with van der Waals surface area (Å²) in [5, 5.41) is 12.3. The molecule has 0 saturated carbocycles. The minimum Gasteiger partial charge on any atom is -0.505 e. The maximum Gasteiger partial charge on any atom is 0.224 e. The Labute approximate surface area is 109 Å². The molecule has 0 radical (unpaired) electrons. The zero-order valence-corrected chi connectivity index (χ0v) is 11.5. The summed E-state index contributed by atoms with van der Waals surface area (Å²) < 4.78 is 0.550. The molecule has 0 spiro atoms.